The third-order valence-corrected chi connectivity index (χ3v) is 5.98. The van der Waals surface area contributed by atoms with Crippen LogP contribution in [0.2, 0.25) is 0 Å². The molecule has 1 fully saturated rings. The number of carbonyl (C=O) groups is 1. The van der Waals surface area contributed by atoms with E-state index in [1.54, 1.807) is 11.0 Å². The van der Waals surface area contributed by atoms with Crippen molar-refractivity contribution in [3.63, 3.8) is 0 Å². The average molecular weight is 427 g/mol. The zero-order chi connectivity index (χ0) is 21.5. The van der Waals surface area contributed by atoms with Crippen molar-refractivity contribution in [1.29, 1.82) is 0 Å². The summed E-state index contributed by atoms with van der Waals surface area (Å²) in [6.45, 7) is 3.91. The van der Waals surface area contributed by atoms with Crippen LogP contribution in [0, 0.1) is 0 Å². The second-order valence-corrected chi connectivity index (χ2v) is 8.01. The Labute approximate surface area is 184 Å². The predicted molar refractivity (Wildman–Crippen MR) is 118 cm³/mol. The summed E-state index contributed by atoms with van der Waals surface area (Å²) in [5.74, 6) is 1.33. The van der Waals surface area contributed by atoms with E-state index in [1.165, 1.54) is 0 Å². The Morgan fingerprint density at radius 2 is 1.84 bits per heavy atom. The first-order chi connectivity index (χ1) is 15.8. The van der Waals surface area contributed by atoms with Gasteiger partial charge in [0.1, 0.15) is 5.52 Å². The highest BCUT2D eigenvalue weighted by atomic mass is 16.5. The third-order valence-electron chi connectivity index (χ3n) is 5.98. The van der Waals surface area contributed by atoms with E-state index in [4.69, 9.17) is 14.2 Å². The molecule has 32 heavy (non-hydrogen) atoms. The Hall–Kier alpha value is -3.78. The van der Waals surface area contributed by atoms with Crippen molar-refractivity contribution < 1.29 is 14.1 Å². The molecule has 2 aliphatic heterocycles. The minimum atomic E-state index is -0.0435. The summed E-state index contributed by atoms with van der Waals surface area (Å²) in [5, 5.41) is 4.97. The summed E-state index contributed by atoms with van der Waals surface area (Å²) in [5.41, 5.74) is 4.16. The van der Waals surface area contributed by atoms with Crippen LogP contribution in [-0.4, -0.2) is 52.2 Å². The van der Waals surface area contributed by atoms with Crippen molar-refractivity contribution >= 4 is 22.8 Å². The number of benzene rings is 2. The van der Waals surface area contributed by atoms with E-state index in [9.17, 15) is 4.79 Å². The van der Waals surface area contributed by atoms with Crippen molar-refractivity contribution in [3.05, 3.63) is 71.5 Å². The number of fused-ring (bicyclic) bond motifs is 2. The number of amides is 1. The molecular formula is C24H21N5O3. The summed E-state index contributed by atoms with van der Waals surface area (Å²) in [7, 11) is 0. The number of carbonyl (C=O) groups excluding carboxylic acids is 1. The lowest BCUT2D eigenvalue weighted by Crippen LogP contribution is -2.37. The van der Waals surface area contributed by atoms with E-state index in [0.29, 0.717) is 43.6 Å². The molecule has 160 valence electrons. The Morgan fingerprint density at radius 1 is 1.00 bits per heavy atom. The molecule has 0 N–H and O–H groups in total. The van der Waals surface area contributed by atoms with Gasteiger partial charge in [0.2, 0.25) is 5.95 Å². The maximum Gasteiger partial charge on any atom is 0.254 e. The molecular weight excluding hydrogens is 406 g/mol. The third kappa shape index (κ3) is 3.29. The first-order valence-corrected chi connectivity index (χ1v) is 10.7. The van der Waals surface area contributed by atoms with Gasteiger partial charge in [0.05, 0.1) is 30.8 Å². The molecule has 0 unspecified atom stereocenters. The van der Waals surface area contributed by atoms with Crippen LogP contribution in [0.5, 0.6) is 0 Å². The average Bonchev–Trinajstić information content (AvgIpc) is 3.48. The molecule has 0 bridgehead atoms. The predicted octanol–water partition coefficient (Wildman–Crippen LogP) is 3.28. The SMILES string of the molecule is O=C(c1ccc2noc(-c3ccccc3)c2c1)N1Cc2cnc(N3CCOCC3)nc2C1. The van der Waals surface area contributed by atoms with Crippen LogP contribution in [-0.2, 0) is 17.8 Å². The van der Waals surface area contributed by atoms with Gasteiger partial charge < -0.3 is 19.1 Å². The lowest BCUT2D eigenvalue weighted by atomic mass is 10.1. The van der Waals surface area contributed by atoms with Gasteiger partial charge in [-0.3, -0.25) is 4.79 Å². The highest BCUT2D eigenvalue weighted by Gasteiger charge is 2.28. The Balaban J connectivity index is 1.26. The lowest BCUT2D eigenvalue weighted by molar-refractivity contribution is 0.0750. The van der Waals surface area contributed by atoms with Gasteiger partial charge in [0, 0.05) is 42.5 Å². The molecule has 8 nitrogen and oxygen atoms in total. The molecule has 4 aromatic rings. The molecule has 0 radical (unpaired) electrons. The fourth-order valence-electron chi connectivity index (χ4n) is 4.26. The summed E-state index contributed by atoms with van der Waals surface area (Å²) < 4.78 is 11.0. The molecule has 2 aromatic carbocycles. The number of nitrogens with zero attached hydrogens (tertiary/aromatic N) is 5. The first-order valence-electron chi connectivity index (χ1n) is 10.7. The zero-order valence-electron chi connectivity index (χ0n) is 17.4. The van der Waals surface area contributed by atoms with Crippen molar-refractivity contribution in [2.24, 2.45) is 0 Å². The smallest absolute Gasteiger partial charge is 0.254 e. The van der Waals surface area contributed by atoms with Gasteiger partial charge >= 0.3 is 0 Å². The van der Waals surface area contributed by atoms with E-state index in [1.807, 2.05) is 48.7 Å². The van der Waals surface area contributed by atoms with Gasteiger partial charge in [-0.05, 0) is 18.2 Å². The van der Waals surface area contributed by atoms with Gasteiger partial charge in [0.15, 0.2) is 5.76 Å². The number of ether oxygens (including phenoxy) is 1. The molecule has 8 heteroatoms. The molecule has 4 heterocycles. The van der Waals surface area contributed by atoms with Crippen LogP contribution in [0.1, 0.15) is 21.6 Å². The maximum atomic E-state index is 13.3. The Kier molecular flexibility index (Phi) is 4.57. The van der Waals surface area contributed by atoms with Crippen LogP contribution in [0.3, 0.4) is 0 Å². The number of hydrogen-bond acceptors (Lipinski definition) is 7. The van der Waals surface area contributed by atoms with Crippen LogP contribution >= 0.6 is 0 Å². The summed E-state index contributed by atoms with van der Waals surface area (Å²) in [6.07, 6.45) is 1.84. The van der Waals surface area contributed by atoms with Gasteiger partial charge in [-0.15, -0.1) is 0 Å². The van der Waals surface area contributed by atoms with Crippen LogP contribution in [0.25, 0.3) is 22.2 Å². The van der Waals surface area contributed by atoms with Crippen molar-refractivity contribution in [1.82, 2.24) is 20.0 Å². The van der Waals surface area contributed by atoms with Gasteiger partial charge in [-0.1, -0.05) is 35.5 Å². The van der Waals surface area contributed by atoms with Crippen molar-refractivity contribution in [2.75, 3.05) is 31.2 Å². The first kappa shape index (κ1) is 18.9. The minimum Gasteiger partial charge on any atom is -0.378 e. The second kappa shape index (κ2) is 7.72. The highest BCUT2D eigenvalue weighted by Crippen LogP contribution is 2.30. The van der Waals surface area contributed by atoms with Crippen molar-refractivity contribution in [2.45, 2.75) is 13.1 Å². The molecule has 6 rings (SSSR count). The molecule has 0 aliphatic carbocycles. The van der Waals surface area contributed by atoms with Crippen molar-refractivity contribution in [3.8, 4) is 11.3 Å². The van der Waals surface area contributed by atoms with E-state index >= 15 is 0 Å². The second-order valence-electron chi connectivity index (χ2n) is 8.01. The fourth-order valence-corrected chi connectivity index (χ4v) is 4.26. The van der Waals surface area contributed by atoms with E-state index in [0.717, 1.165) is 40.8 Å². The molecule has 0 atom stereocenters. The van der Waals surface area contributed by atoms with E-state index in [2.05, 4.69) is 15.0 Å². The van der Waals surface area contributed by atoms with Gasteiger partial charge in [0.25, 0.3) is 5.91 Å². The number of anilines is 1. The number of morpholine rings is 1. The molecule has 1 amide bonds. The Morgan fingerprint density at radius 3 is 2.69 bits per heavy atom. The normalized spacial score (nSPS) is 15.9. The molecule has 2 aromatic heterocycles. The number of aromatic nitrogens is 3. The molecule has 2 aliphatic rings. The lowest BCUT2D eigenvalue weighted by Gasteiger charge is -2.26. The molecule has 0 spiro atoms. The van der Waals surface area contributed by atoms with Crippen LogP contribution in [0.15, 0.2) is 59.3 Å². The Bertz CT molecular complexity index is 1300. The summed E-state index contributed by atoms with van der Waals surface area (Å²) >= 11 is 0. The number of rotatable bonds is 3. The quantitative estimate of drug-likeness (QED) is 0.496. The van der Waals surface area contributed by atoms with Crippen LogP contribution < -0.4 is 4.90 Å². The molecule has 0 saturated carbocycles. The van der Waals surface area contributed by atoms with E-state index < -0.39 is 0 Å². The fraction of sp³-hybridized carbons (Fsp3) is 0.250. The van der Waals surface area contributed by atoms with Gasteiger partial charge in [-0.2, -0.15) is 0 Å². The summed E-state index contributed by atoms with van der Waals surface area (Å²) in [4.78, 5) is 26.5. The highest BCUT2D eigenvalue weighted by molar-refractivity contribution is 6.01. The summed E-state index contributed by atoms with van der Waals surface area (Å²) in [6, 6.07) is 15.3. The standard InChI is InChI=1S/C24H21N5O3/c30-23(17-6-7-20-19(12-17)22(32-27-20)16-4-2-1-3-5-16)29-14-18-13-25-24(26-21(18)15-29)28-8-10-31-11-9-28/h1-7,12-13H,8-11,14-15H2. The number of hydrogen-bond donors (Lipinski definition) is 0. The molecule has 1 saturated heterocycles. The van der Waals surface area contributed by atoms with E-state index in [-0.39, 0.29) is 5.91 Å². The minimum absolute atomic E-state index is 0.0435. The monoisotopic (exact) mass is 427 g/mol. The maximum absolute atomic E-state index is 13.3. The topological polar surface area (TPSA) is 84.6 Å². The largest absolute Gasteiger partial charge is 0.378 e. The van der Waals surface area contributed by atoms with Gasteiger partial charge in [-0.25, -0.2) is 9.97 Å². The van der Waals surface area contributed by atoms with Crippen LogP contribution in [0.4, 0.5) is 5.95 Å². The zero-order valence-corrected chi connectivity index (χ0v) is 17.4.